The standard InChI is InChI=1S/C14H26N2O/c17-14(12-16-9-3-4-10-16)11-15-8-7-13-5-1-2-6-13/h5,14-15,17H,1-4,6-12H2. The van der Waals surface area contributed by atoms with Crippen molar-refractivity contribution in [2.24, 2.45) is 0 Å². The van der Waals surface area contributed by atoms with Crippen LogP contribution >= 0.6 is 0 Å². The highest BCUT2D eigenvalue weighted by Gasteiger charge is 2.15. The number of aliphatic hydroxyl groups excluding tert-OH is 1. The lowest BCUT2D eigenvalue weighted by atomic mass is 10.1. The van der Waals surface area contributed by atoms with E-state index in [4.69, 9.17) is 0 Å². The molecular weight excluding hydrogens is 212 g/mol. The van der Waals surface area contributed by atoms with E-state index in [1.54, 1.807) is 5.57 Å². The zero-order valence-corrected chi connectivity index (χ0v) is 10.8. The Bertz CT molecular complexity index is 247. The predicted octanol–water partition coefficient (Wildman–Crippen LogP) is 1.53. The van der Waals surface area contributed by atoms with Crippen LogP contribution < -0.4 is 5.32 Å². The molecule has 0 aromatic heterocycles. The van der Waals surface area contributed by atoms with Crippen molar-refractivity contribution < 1.29 is 5.11 Å². The van der Waals surface area contributed by atoms with E-state index in [0.29, 0.717) is 0 Å². The van der Waals surface area contributed by atoms with Crippen LogP contribution in [0, 0.1) is 0 Å². The van der Waals surface area contributed by atoms with Crippen molar-refractivity contribution in [3.8, 4) is 0 Å². The van der Waals surface area contributed by atoms with Gasteiger partial charge in [0.25, 0.3) is 0 Å². The number of β-amino-alcohol motifs (C(OH)–C–C–N with tert-alkyl or cyclic N) is 1. The average molecular weight is 238 g/mol. The third-order valence-corrected chi connectivity index (χ3v) is 3.81. The van der Waals surface area contributed by atoms with Crippen LogP contribution in [0.2, 0.25) is 0 Å². The van der Waals surface area contributed by atoms with Crippen LogP contribution in [0.5, 0.6) is 0 Å². The van der Waals surface area contributed by atoms with Gasteiger partial charge in [0.15, 0.2) is 0 Å². The first-order valence-electron chi connectivity index (χ1n) is 7.13. The molecule has 0 bridgehead atoms. The highest BCUT2D eigenvalue weighted by atomic mass is 16.3. The quantitative estimate of drug-likeness (QED) is 0.521. The summed E-state index contributed by atoms with van der Waals surface area (Å²) >= 11 is 0. The van der Waals surface area contributed by atoms with Gasteiger partial charge in [-0.2, -0.15) is 0 Å². The molecule has 1 aliphatic heterocycles. The average Bonchev–Trinajstić information content (AvgIpc) is 2.96. The van der Waals surface area contributed by atoms with Gasteiger partial charge in [0.2, 0.25) is 0 Å². The lowest BCUT2D eigenvalue weighted by Crippen LogP contribution is -2.37. The summed E-state index contributed by atoms with van der Waals surface area (Å²) < 4.78 is 0. The minimum Gasteiger partial charge on any atom is -0.390 e. The van der Waals surface area contributed by atoms with Crippen molar-refractivity contribution in [1.29, 1.82) is 0 Å². The Labute approximate surface area is 105 Å². The summed E-state index contributed by atoms with van der Waals surface area (Å²) in [5.74, 6) is 0. The topological polar surface area (TPSA) is 35.5 Å². The first kappa shape index (κ1) is 13.1. The zero-order valence-electron chi connectivity index (χ0n) is 10.8. The van der Waals surface area contributed by atoms with E-state index in [2.05, 4.69) is 16.3 Å². The number of hydrogen-bond donors (Lipinski definition) is 2. The molecule has 0 saturated carbocycles. The summed E-state index contributed by atoms with van der Waals surface area (Å²) in [5.41, 5.74) is 1.60. The molecule has 2 rings (SSSR count). The van der Waals surface area contributed by atoms with Gasteiger partial charge in [0.1, 0.15) is 0 Å². The monoisotopic (exact) mass is 238 g/mol. The molecule has 3 nitrogen and oxygen atoms in total. The molecule has 3 heteroatoms. The molecule has 1 heterocycles. The molecule has 1 atom stereocenters. The normalized spacial score (nSPS) is 23.0. The van der Waals surface area contributed by atoms with Crippen LogP contribution in [-0.2, 0) is 0 Å². The predicted molar refractivity (Wildman–Crippen MR) is 71.1 cm³/mol. The van der Waals surface area contributed by atoms with E-state index in [1.807, 2.05) is 0 Å². The SMILES string of the molecule is OC(CNCCC1=CCCC1)CN1CCCC1. The van der Waals surface area contributed by atoms with Crippen LogP contribution in [0.25, 0.3) is 0 Å². The maximum Gasteiger partial charge on any atom is 0.0791 e. The Morgan fingerprint density at radius 3 is 2.82 bits per heavy atom. The van der Waals surface area contributed by atoms with Crippen molar-refractivity contribution in [2.45, 2.75) is 44.6 Å². The van der Waals surface area contributed by atoms with Gasteiger partial charge in [-0.1, -0.05) is 11.6 Å². The number of nitrogens with zero attached hydrogens (tertiary/aromatic N) is 1. The molecule has 98 valence electrons. The fourth-order valence-electron chi connectivity index (χ4n) is 2.81. The largest absolute Gasteiger partial charge is 0.390 e. The smallest absolute Gasteiger partial charge is 0.0791 e. The first-order valence-corrected chi connectivity index (χ1v) is 7.13. The molecule has 1 saturated heterocycles. The summed E-state index contributed by atoms with van der Waals surface area (Å²) in [6.45, 7) is 4.94. The third kappa shape index (κ3) is 4.78. The van der Waals surface area contributed by atoms with Gasteiger partial charge >= 0.3 is 0 Å². The van der Waals surface area contributed by atoms with E-state index >= 15 is 0 Å². The van der Waals surface area contributed by atoms with Crippen LogP contribution in [-0.4, -0.2) is 48.8 Å². The fraction of sp³-hybridized carbons (Fsp3) is 0.857. The number of likely N-dealkylation sites (tertiary alicyclic amines) is 1. The molecular formula is C14H26N2O. The lowest BCUT2D eigenvalue weighted by molar-refractivity contribution is 0.124. The molecule has 1 fully saturated rings. The number of hydrogen-bond acceptors (Lipinski definition) is 3. The summed E-state index contributed by atoms with van der Waals surface area (Å²) in [4.78, 5) is 2.37. The Morgan fingerprint density at radius 2 is 2.12 bits per heavy atom. The minimum absolute atomic E-state index is 0.203. The van der Waals surface area contributed by atoms with Crippen molar-refractivity contribution in [3.63, 3.8) is 0 Å². The van der Waals surface area contributed by atoms with Gasteiger partial charge < -0.3 is 15.3 Å². The van der Waals surface area contributed by atoms with Gasteiger partial charge in [0.05, 0.1) is 6.10 Å². The Hall–Kier alpha value is -0.380. The molecule has 0 amide bonds. The maximum atomic E-state index is 9.88. The van der Waals surface area contributed by atoms with Gasteiger partial charge in [0, 0.05) is 13.1 Å². The van der Waals surface area contributed by atoms with Crippen LogP contribution in [0.15, 0.2) is 11.6 Å². The maximum absolute atomic E-state index is 9.88. The van der Waals surface area contributed by atoms with Crippen molar-refractivity contribution >= 4 is 0 Å². The summed E-state index contributed by atoms with van der Waals surface area (Å²) in [6.07, 6.45) is 9.84. The number of aliphatic hydroxyl groups is 1. The summed E-state index contributed by atoms with van der Waals surface area (Å²) in [7, 11) is 0. The van der Waals surface area contributed by atoms with Crippen LogP contribution in [0.4, 0.5) is 0 Å². The molecule has 0 radical (unpaired) electrons. The first-order chi connectivity index (χ1) is 8.34. The summed E-state index contributed by atoms with van der Waals surface area (Å²) in [5, 5.41) is 13.3. The molecule has 0 aromatic carbocycles. The number of nitrogens with one attached hydrogen (secondary N) is 1. The van der Waals surface area contributed by atoms with Crippen molar-refractivity contribution in [3.05, 3.63) is 11.6 Å². The molecule has 0 spiro atoms. The molecule has 0 aromatic rings. The number of rotatable bonds is 7. The zero-order chi connectivity index (χ0) is 11.9. The van der Waals surface area contributed by atoms with Gasteiger partial charge in [-0.25, -0.2) is 0 Å². The van der Waals surface area contributed by atoms with Gasteiger partial charge in [-0.3, -0.25) is 0 Å². The van der Waals surface area contributed by atoms with Crippen molar-refractivity contribution in [1.82, 2.24) is 10.2 Å². The number of allylic oxidation sites excluding steroid dienone is 1. The van der Waals surface area contributed by atoms with Crippen LogP contribution in [0.3, 0.4) is 0 Å². The van der Waals surface area contributed by atoms with E-state index < -0.39 is 0 Å². The second-order valence-corrected chi connectivity index (χ2v) is 5.37. The minimum atomic E-state index is -0.203. The molecule has 2 N–H and O–H groups in total. The molecule has 17 heavy (non-hydrogen) atoms. The summed E-state index contributed by atoms with van der Waals surface area (Å²) in [6, 6.07) is 0. The Morgan fingerprint density at radius 1 is 1.29 bits per heavy atom. The molecule has 1 unspecified atom stereocenters. The van der Waals surface area contributed by atoms with E-state index in [9.17, 15) is 5.11 Å². The van der Waals surface area contributed by atoms with E-state index in [0.717, 1.165) is 26.1 Å². The van der Waals surface area contributed by atoms with Crippen LogP contribution in [0.1, 0.15) is 38.5 Å². The van der Waals surface area contributed by atoms with Gasteiger partial charge in [-0.15, -0.1) is 0 Å². The second kappa shape index (κ2) is 7.14. The highest BCUT2D eigenvalue weighted by molar-refractivity contribution is 5.07. The third-order valence-electron chi connectivity index (χ3n) is 3.81. The van der Waals surface area contributed by atoms with E-state index in [1.165, 1.54) is 45.2 Å². The Balaban J connectivity index is 1.49. The highest BCUT2D eigenvalue weighted by Crippen LogP contribution is 2.19. The van der Waals surface area contributed by atoms with E-state index in [-0.39, 0.29) is 6.10 Å². The second-order valence-electron chi connectivity index (χ2n) is 5.37. The Kier molecular flexibility index (Phi) is 5.49. The fourth-order valence-corrected chi connectivity index (χ4v) is 2.81. The molecule has 2 aliphatic rings. The molecule has 1 aliphatic carbocycles. The lowest BCUT2D eigenvalue weighted by Gasteiger charge is -2.19. The van der Waals surface area contributed by atoms with Crippen molar-refractivity contribution in [2.75, 3.05) is 32.7 Å². The van der Waals surface area contributed by atoms with Gasteiger partial charge in [-0.05, 0) is 58.2 Å².